The van der Waals surface area contributed by atoms with Gasteiger partial charge in [0.15, 0.2) is 5.82 Å². The zero-order valence-electron chi connectivity index (χ0n) is 16.0. The number of benzene rings is 2. The molecule has 3 rings (SSSR count). The number of methoxy groups -OCH3 is 1. The molecule has 0 fully saturated rings. The average molecular weight is 408 g/mol. The number of rotatable bonds is 7. The first kappa shape index (κ1) is 20.3. The minimum absolute atomic E-state index is 0.165. The van der Waals surface area contributed by atoms with Crippen LogP contribution in [0.25, 0.3) is 0 Å². The van der Waals surface area contributed by atoms with Crippen molar-refractivity contribution in [1.29, 1.82) is 0 Å². The predicted molar refractivity (Wildman–Crippen MR) is 114 cm³/mol. The molecule has 8 heteroatoms. The summed E-state index contributed by atoms with van der Waals surface area (Å²) in [5.74, 6) is 0.783. The first-order valence-electron chi connectivity index (χ1n) is 8.82. The molecule has 0 saturated heterocycles. The minimum Gasteiger partial charge on any atom is -0.497 e. The Balaban J connectivity index is 1.50. The largest absolute Gasteiger partial charge is 0.497 e. The highest BCUT2D eigenvalue weighted by Gasteiger charge is 2.09. The molecule has 0 aliphatic heterocycles. The summed E-state index contributed by atoms with van der Waals surface area (Å²) in [6, 6.07) is 17.8. The van der Waals surface area contributed by atoms with Gasteiger partial charge in [-0.15, -0.1) is 10.2 Å². The third kappa shape index (κ3) is 6.05. The van der Waals surface area contributed by atoms with Crippen LogP contribution in [0.4, 0.5) is 11.5 Å². The van der Waals surface area contributed by atoms with Gasteiger partial charge >= 0.3 is 0 Å². The van der Waals surface area contributed by atoms with Crippen LogP contribution in [0.3, 0.4) is 0 Å². The summed E-state index contributed by atoms with van der Waals surface area (Å²) in [6.07, 6.45) is 0. The topological polar surface area (TPSA) is 93.2 Å². The van der Waals surface area contributed by atoms with Gasteiger partial charge in [0.1, 0.15) is 10.8 Å². The number of aryl methyl sites for hydroxylation is 1. The molecule has 1 aromatic heterocycles. The minimum atomic E-state index is -0.252. The van der Waals surface area contributed by atoms with E-state index < -0.39 is 0 Å². The molecular formula is C21H20N4O3S. The molecule has 2 amide bonds. The fraction of sp³-hybridized carbons (Fsp3) is 0.143. The van der Waals surface area contributed by atoms with E-state index in [-0.39, 0.29) is 17.6 Å². The van der Waals surface area contributed by atoms with Gasteiger partial charge in [-0.1, -0.05) is 35.5 Å². The number of carbonyl (C=O) groups excluding carboxylic acids is 2. The van der Waals surface area contributed by atoms with Crippen molar-refractivity contribution in [2.45, 2.75) is 11.9 Å². The van der Waals surface area contributed by atoms with Crippen LogP contribution in [-0.4, -0.2) is 34.9 Å². The highest BCUT2D eigenvalue weighted by atomic mass is 32.2. The smallest absolute Gasteiger partial charge is 0.256 e. The van der Waals surface area contributed by atoms with E-state index in [1.807, 2.05) is 19.1 Å². The van der Waals surface area contributed by atoms with Crippen LogP contribution in [0.5, 0.6) is 5.75 Å². The van der Waals surface area contributed by atoms with Gasteiger partial charge in [-0.3, -0.25) is 9.59 Å². The van der Waals surface area contributed by atoms with Crippen LogP contribution in [0.1, 0.15) is 15.9 Å². The van der Waals surface area contributed by atoms with Gasteiger partial charge in [-0.2, -0.15) is 0 Å². The molecule has 2 N–H and O–H groups in total. The Hall–Kier alpha value is -3.39. The van der Waals surface area contributed by atoms with Crippen LogP contribution in [0.2, 0.25) is 0 Å². The van der Waals surface area contributed by atoms with Crippen molar-refractivity contribution in [1.82, 2.24) is 10.2 Å². The van der Waals surface area contributed by atoms with Crippen molar-refractivity contribution in [2.24, 2.45) is 0 Å². The monoisotopic (exact) mass is 408 g/mol. The van der Waals surface area contributed by atoms with Crippen LogP contribution >= 0.6 is 11.8 Å². The fourth-order valence-electron chi connectivity index (χ4n) is 2.39. The fourth-order valence-corrected chi connectivity index (χ4v) is 3.01. The van der Waals surface area contributed by atoms with Gasteiger partial charge in [0, 0.05) is 17.3 Å². The molecule has 0 aliphatic carbocycles. The summed E-state index contributed by atoms with van der Waals surface area (Å²) >= 11 is 1.25. The maximum atomic E-state index is 12.2. The van der Waals surface area contributed by atoms with E-state index in [4.69, 9.17) is 4.74 Å². The predicted octanol–water partition coefficient (Wildman–Crippen LogP) is 3.78. The van der Waals surface area contributed by atoms with Gasteiger partial charge in [-0.05, 0) is 43.3 Å². The second kappa shape index (κ2) is 9.70. The first-order valence-corrected chi connectivity index (χ1v) is 9.80. The van der Waals surface area contributed by atoms with Crippen molar-refractivity contribution in [3.8, 4) is 5.75 Å². The average Bonchev–Trinajstić information content (AvgIpc) is 2.74. The van der Waals surface area contributed by atoms with E-state index in [9.17, 15) is 9.59 Å². The standard InChI is InChI=1S/C21H20N4O3S/c1-14-6-8-15(9-7-14)21(27)23-18-10-11-20(25-24-18)29-13-19(26)22-16-4-3-5-17(12-16)28-2/h3-12H,13H2,1-2H3,(H,22,26)(H,23,24,27). The van der Waals surface area contributed by atoms with Crippen molar-refractivity contribution in [3.63, 3.8) is 0 Å². The SMILES string of the molecule is COc1cccc(NC(=O)CSc2ccc(NC(=O)c3ccc(C)cc3)nn2)c1. The molecule has 3 aromatic rings. The third-order valence-corrected chi connectivity index (χ3v) is 4.82. The molecule has 29 heavy (non-hydrogen) atoms. The maximum absolute atomic E-state index is 12.2. The second-order valence-electron chi connectivity index (χ2n) is 6.15. The Morgan fingerprint density at radius 3 is 2.48 bits per heavy atom. The van der Waals surface area contributed by atoms with Crippen molar-refractivity contribution in [2.75, 3.05) is 23.5 Å². The van der Waals surface area contributed by atoms with E-state index in [1.54, 1.807) is 55.6 Å². The van der Waals surface area contributed by atoms with Crippen molar-refractivity contribution >= 4 is 35.1 Å². The van der Waals surface area contributed by atoms with Crippen LogP contribution < -0.4 is 15.4 Å². The highest BCUT2D eigenvalue weighted by molar-refractivity contribution is 7.99. The summed E-state index contributed by atoms with van der Waals surface area (Å²) in [4.78, 5) is 24.3. The molecule has 1 heterocycles. The lowest BCUT2D eigenvalue weighted by Gasteiger charge is -2.07. The summed E-state index contributed by atoms with van der Waals surface area (Å²) < 4.78 is 5.13. The normalized spacial score (nSPS) is 10.3. The van der Waals surface area contributed by atoms with Gasteiger partial charge < -0.3 is 15.4 Å². The van der Waals surface area contributed by atoms with Gasteiger partial charge in [0.2, 0.25) is 5.91 Å². The molecule has 0 bridgehead atoms. The first-order chi connectivity index (χ1) is 14.0. The molecule has 0 unspecified atom stereocenters. The zero-order valence-corrected chi connectivity index (χ0v) is 16.8. The van der Waals surface area contributed by atoms with Crippen LogP contribution in [-0.2, 0) is 4.79 Å². The molecule has 148 valence electrons. The molecule has 0 saturated carbocycles. The van der Waals surface area contributed by atoms with Gasteiger partial charge in [0.25, 0.3) is 5.91 Å². The second-order valence-corrected chi connectivity index (χ2v) is 7.14. The number of ether oxygens (including phenoxy) is 1. The Morgan fingerprint density at radius 1 is 1.00 bits per heavy atom. The van der Waals surface area contributed by atoms with Gasteiger partial charge in [-0.25, -0.2) is 0 Å². The number of hydrogen-bond donors (Lipinski definition) is 2. The Bertz CT molecular complexity index is 992. The number of thioether (sulfide) groups is 1. The number of nitrogens with one attached hydrogen (secondary N) is 2. The number of anilines is 2. The number of hydrogen-bond acceptors (Lipinski definition) is 6. The van der Waals surface area contributed by atoms with E-state index >= 15 is 0 Å². The summed E-state index contributed by atoms with van der Waals surface area (Å²) in [5, 5.41) is 14.1. The van der Waals surface area contributed by atoms with E-state index in [0.29, 0.717) is 27.8 Å². The molecule has 0 aliphatic rings. The Kier molecular flexibility index (Phi) is 6.80. The molecule has 0 radical (unpaired) electrons. The number of carbonyl (C=O) groups is 2. The van der Waals surface area contributed by atoms with E-state index in [1.165, 1.54) is 11.8 Å². The summed E-state index contributed by atoms with van der Waals surface area (Å²) in [7, 11) is 1.57. The zero-order chi connectivity index (χ0) is 20.6. The van der Waals surface area contributed by atoms with Crippen LogP contribution in [0, 0.1) is 6.92 Å². The quantitative estimate of drug-likeness (QED) is 0.578. The van der Waals surface area contributed by atoms with Gasteiger partial charge in [0.05, 0.1) is 12.9 Å². The lowest BCUT2D eigenvalue weighted by molar-refractivity contribution is -0.113. The molecule has 0 atom stereocenters. The molecule has 7 nitrogen and oxygen atoms in total. The number of amides is 2. The molecule has 2 aromatic carbocycles. The van der Waals surface area contributed by atoms with E-state index in [0.717, 1.165) is 5.56 Å². The number of aromatic nitrogens is 2. The molecule has 0 spiro atoms. The molecular weight excluding hydrogens is 388 g/mol. The van der Waals surface area contributed by atoms with E-state index in [2.05, 4.69) is 20.8 Å². The van der Waals surface area contributed by atoms with Crippen molar-refractivity contribution in [3.05, 3.63) is 71.8 Å². The lowest BCUT2D eigenvalue weighted by atomic mass is 10.1. The summed E-state index contributed by atoms with van der Waals surface area (Å²) in [6.45, 7) is 1.96. The third-order valence-electron chi connectivity index (χ3n) is 3.90. The Morgan fingerprint density at radius 2 is 1.79 bits per heavy atom. The highest BCUT2D eigenvalue weighted by Crippen LogP contribution is 2.19. The summed E-state index contributed by atoms with van der Waals surface area (Å²) in [5.41, 5.74) is 2.29. The van der Waals surface area contributed by atoms with Crippen molar-refractivity contribution < 1.29 is 14.3 Å². The lowest BCUT2D eigenvalue weighted by Crippen LogP contribution is -2.14. The Labute approximate surface area is 172 Å². The maximum Gasteiger partial charge on any atom is 0.256 e. The number of nitrogens with zero attached hydrogens (tertiary/aromatic N) is 2. The van der Waals surface area contributed by atoms with Crippen LogP contribution in [0.15, 0.2) is 65.7 Å².